The molecule has 0 aliphatic heterocycles. The summed E-state index contributed by atoms with van der Waals surface area (Å²) in [5, 5.41) is 3.57. The third-order valence-electron chi connectivity index (χ3n) is 5.05. The zero-order valence-electron chi connectivity index (χ0n) is 16.5. The lowest BCUT2D eigenvalue weighted by molar-refractivity contribution is 0.0601. The molecule has 2 aromatic rings. The van der Waals surface area contributed by atoms with Gasteiger partial charge in [0.25, 0.3) is 5.91 Å². The summed E-state index contributed by atoms with van der Waals surface area (Å²) in [7, 11) is 1.39. The van der Waals surface area contributed by atoms with Gasteiger partial charge in [-0.05, 0) is 54.4 Å². The number of anilines is 1. The first-order valence-corrected chi connectivity index (χ1v) is 10.3. The SMILES string of the molecule is COC(=O)c1c(NC(=O)c2ccc(C(C)(C)C)cc2)sc2c1CCCCC2. The predicted octanol–water partition coefficient (Wildman–Crippen LogP) is 5.35. The van der Waals surface area contributed by atoms with E-state index in [2.05, 4.69) is 26.1 Å². The van der Waals surface area contributed by atoms with Crippen LogP contribution in [0.25, 0.3) is 0 Å². The molecular formula is C22H27NO3S. The summed E-state index contributed by atoms with van der Waals surface area (Å²) < 4.78 is 5.00. The van der Waals surface area contributed by atoms with Crippen LogP contribution in [0, 0.1) is 0 Å². The lowest BCUT2D eigenvalue weighted by Crippen LogP contribution is -2.16. The quantitative estimate of drug-likeness (QED) is 0.572. The Bertz CT molecular complexity index is 844. The fraction of sp³-hybridized carbons (Fsp3) is 0.455. The first kappa shape index (κ1) is 19.6. The highest BCUT2D eigenvalue weighted by Gasteiger charge is 2.26. The molecule has 0 atom stereocenters. The van der Waals surface area contributed by atoms with Gasteiger partial charge in [-0.15, -0.1) is 11.3 Å². The van der Waals surface area contributed by atoms with Crippen molar-refractivity contribution in [2.75, 3.05) is 12.4 Å². The Labute approximate surface area is 164 Å². The third-order valence-corrected chi connectivity index (χ3v) is 6.26. The molecule has 0 saturated carbocycles. The number of esters is 1. The third kappa shape index (κ3) is 4.24. The largest absolute Gasteiger partial charge is 0.465 e. The maximum absolute atomic E-state index is 12.8. The molecule has 5 heteroatoms. The maximum Gasteiger partial charge on any atom is 0.341 e. The number of rotatable bonds is 3. The van der Waals surface area contributed by atoms with Gasteiger partial charge in [-0.2, -0.15) is 0 Å². The molecule has 1 heterocycles. The minimum absolute atomic E-state index is 0.0401. The first-order chi connectivity index (χ1) is 12.8. The van der Waals surface area contributed by atoms with Gasteiger partial charge in [0.2, 0.25) is 0 Å². The Hall–Kier alpha value is -2.14. The van der Waals surface area contributed by atoms with E-state index in [-0.39, 0.29) is 17.3 Å². The number of carbonyl (C=O) groups excluding carboxylic acids is 2. The van der Waals surface area contributed by atoms with Crippen LogP contribution in [0.4, 0.5) is 5.00 Å². The molecule has 1 aliphatic rings. The average Bonchev–Trinajstić information content (AvgIpc) is 2.81. The molecule has 0 bridgehead atoms. The van der Waals surface area contributed by atoms with Crippen LogP contribution in [0.1, 0.15) is 76.8 Å². The fourth-order valence-corrected chi connectivity index (χ4v) is 4.72. The first-order valence-electron chi connectivity index (χ1n) is 9.46. The summed E-state index contributed by atoms with van der Waals surface area (Å²) >= 11 is 1.52. The standard InChI is InChI=1S/C22H27NO3S/c1-22(2,3)15-12-10-14(11-13-15)19(24)23-20-18(21(25)26-4)16-8-6-5-7-9-17(16)27-20/h10-13H,5-9H2,1-4H3,(H,23,24). The van der Waals surface area contributed by atoms with E-state index in [4.69, 9.17) is 4.74 Å². The molecule has 27 heavy (non-hydrogen) atoms. The van der Waals surface area contributed by atoms with E-state index < -0.39 is 0 Å². The van der Waals surface area contributed by atoms with Crippen LogP contribution < -0.4 is 5.32 Å². The van der Waals surface area contributed by atoms with Crippen molar-refractivity contribution in [1.82, 2.24) is 0 Å². The molecule has 1 aliphatic carbocycles. The Morgan fingerprint density at radius 1 is 1.04 bits per heavy atom. The Kier molecular flexibility index (Phi) is 5.70. The van der Waals surface area contributed by atoms with Crippen LogP contribution in [-0.4, -0.2) is 19.0 Å². The summed E-state index contributed by atoms with van der Waals surface area (Å²) in [6.45, 7) is 6.43. The number of benzene rings is 1. The van der Waals surface area contributed by atoms with Gasteiger partial charge in [0.15, 0.2) is 0 Å². The molecule has 1 N–H and O–H groups in total. The van der Waals surface area contributed by atoms with Crippen LogP contribution >= 0.6 is 11.3 Å². The van der Waals surface area contributed by atoms with Gasteiger partial charge in [0.1, 0.15) is 5.00 Å². The van der Waals surface area contributed by atoms with Crippen LogP contribution in [0.5, 0.6) is 0 Å². The molecule has 0 unspecified atom stereocenters. The summed E-state index contributed by atoms with van der Waals surface area (Å²) in [4.78, 5) is 26.3. The Morgan fingerprint density at radius 2 is 1.70 bits per heavy atom. The molecular weight excluding hydrogens is 358 g/mol. The number of hydrogen-bond donors (Lipinski definition) is 1. The van der Waals surface area contributed by atoms with Crippen molar-refractivity contribution < 1.29 is 14.3 Å². The molecule has 0 radical (unpaired) electrons. The van der Waals surface area contributed by atoms with Gasteiger partial charge in [0.05, 0.1) is 12.7 Å². The zero-order valence-corrected chi connectivity index (χ0v) is 17.3. The lowest BCUT2D eigenvalue weighted by Gasteiger charge is -2.19. The minimum Gasteiger partial charge on any atom is -0.465 e. The number of carbonyl (C=O) groups is 2. The number of ether oxygens (including phenoxy) is 1. The second kappa shape index (κ2) is 7.85. The summed E-state index contributed by atoms with van der Waals surface area (Å²) in [6.07, 6.45) is 5.18. The fourth-order valence-electron chi connectivity index (χ4n) is 3.45. The summed E-state index contributed by atoms with van der Waals surface area (Å²) in [5.41, 5.74) is 3.40. The normalized spacial score (nSPS) is 14.2. The number of hydrogen-bond acceptors (Lipinski definition) is 4. The van der Waals surface area contributed by atoms with E-state index in [0.717, 1.165) is 31.2 Å². The molecule has 1 aromatic heterocycles. The van der Waals surface area contributed by atoms with Crippen LogP contribution in [0.15, 0.2) is 24.3 Å². The smallest absolute Gasteiger partial charge is 0.341 e. The maximum atomic E-state index is 12.8. The highest BCUT2D eigenvalue weighted by molar-refractivity contribution is 7.17. The topological polar surface area (TPSA) is 55.4 Å². The van der Waals surface area contributed by atoms with Gasteiger partial charge in [-0.1, -0.05) is 39.3 Å². The van der Waals surface area contributed by atoms with Crippen molar-refractivity contribution in [2.45, 2.75) is 58.3 Å². The highest BCUT2D eigenvalue weighted by Crippen LogP contribution is 2.38. The molecule has 0 saturated heterocycles. The molecule has 1 aromatic carbocycles. The summed E-state index contributed by atoms with van der Waals surface area (Å²) in [5.74, 6) is -0.565. The average molecular weight is 386 g/mol. The molecule has 144 valence electrons. The van der Waals surface area contributed by atoms with Gasteiger partial charge in [-0.3, -0.25) is 4.79 Å². The van der Waals surface area contributed by atoms with E-state index in [9.17, 15) is 9.59 Å². The van der Waals surface area contributed by atoms with Crippen molar-refractivity contribution in [1.29, 1.82) is 0 Å². The monoisotopic (exact) mass is 385 g/mol. The molecule has 0 fully saturated rings. The van der Waals surface area contributed by atoms with Crippen molar-refractivity contribution in [3.63, 3.8) is 0 Å². The lowest BCUT2D eigenvalue weighted by atomic mass is 9.87. The number of thiophene rings is 1. The minimum atomic E-state index is -0.368. The number of fused-ring (bicyclic) bond motifs is 1. The van der Waals surface area contributed by atoms with Gasteiger partial charge < -0.3 is 10.1 Å². The second-order valence-electron chi connectivity index (χ2n) is 8.04. The van der Waals surface area contributed by atoms with Crippen LogP contribution in [0.2, 0.25) is 0 Å². The number of methoxy groups -OCH3 is 1. The van der Waals surface area contributed by atoms with Gasteiger partial charge in [-0.25, -0.2) is 4.79 Å². The number of aryl methyl sites for hydroxylation is 1. The molecule has 1 amide bonds. The number of amides is 1. The Morgan fingerprint density at radius 3 is 2.33 bits per heavy atom. The van der Waals surface area contributed by atoms with Crippen molar-refractivity contribution in [2.24, 2.45) is 0 Å². The van der Waals surface area contributed by atoms with Crippen LogP contribution in [-0.2, 0) is 23.0 Å². The van der Waals surface area contributed by atoms with Crippen molar-refractivity contribution in [3.8, 4) is 0 Å². The van der Waals surface area contributed by atoms with Crippen LogP contribution in [0.3, 0.4) is 0 Å². The molecule has 3 rings (SSSR count). The zero-order chi connectivity index (χ0) is 19.6. The molecule has 0 spiro atoms. The van der Waals surface area contributed by atoms with E-state index in [0.29, 0.717) is 16.1 Å². The Balaban J connectivity index is 1.88. The number of nitrogens with one attached hydrogen (secondary N) is 1. The van der Waals surface area contributed by atoms with E-state index >= 15 is 0 Å². The predicted molar refractivity (Wildman–Crippen MR) is 110 cm³/mol. The van der Waals surface area contributed by atoms with E-state index in [1.807, 2.05) is 24.3 Å². The molecule has 4 nitrogen and oxygen atoms in total. The van der Waals surface area contributed by atoms with E-state index in [1.165, 1.54) is 35.3 Å². The van der Waals surface area contributed by atoms with Crippen molar-refractivity contribution in [3.05, 3.63) is 51.4 Å². The second-order valence-corrected chi connectivity index (χ2v) is 9.15. The van der Waals surface area contributed by atoms with Gasteiger partial charge in [0, 0.05) is 10.4 Å². The summed E-state index contributed by atoms with van der Waals surface area (Å²) in [6, 6.07) is 7.65. The highest BCUT2D eigenvalue weighted by atomic mass is 32.1. The van der Waals surface area contributed by atoms with E-state index in [1.54, 1.807) is 0 Å². The van der Waals surface area contributed by atoms with Gasteiger partial charge >= 0.3 is 5.97 Å². The van der Waals surface area contributed by atoms with Crippen molar-refractivity contribution >= 4 is 28.2 Å².